The number of likely N-dealkylation sites (N-methyl/N-ethyl adjacent to an activating group) is 1. The Kier molecular flexibility index (Phi) is 8.71. The number of hydrogen-bond donors (Lipinski definition) is 4. The van der Waals surface area contributed by atoms with Gasteiger partial charge < -0.3 is 20.6 Å². The highest BCUT2D eigenvalue weighted by Crippen LogP contribution is 2.39. The zero-order valence-corrected chi connectivity index (χ0v) is 24.2. The second-order valence-corrected chi connectivity index (χ2v) is 12.0. The second-order valence-electron chi connectivity index (χ2n) is 10.3. The van der Waals surface area contributed by atoms with Crippen LogP contribution in [-0.2, 0) is 19.7 Å². The molecular weight excluding hydrogens is 558 g/mol. The molecule has 3 aromatic rings. The summed E-state index contributed by atoms with van der Waals surface area (Å²) >= 11 is 0. The van der Waals surface area contributed by atoms with Gasteiger partial charge in [-0.05, 0) is 61.5 Å². The normalized spacial score (nSPS) is 17.0. The van der Waals surface area contributed by atoms with Gasteiger partial charge in [0.2, 0.25) is 0 Å². The largest absolute Gasteiger partial charge is 0.478 e. The maximum atomic E-state index is 13.2. The average molecular weight is 592 g/mol. The molecule has 0 radical (unpaired) electrons. The minimum atomic E-state index is -3.90. The minimum Gasteiger partial charge on any atom is -0.478 e. The van der Waals surface area contributed by atoms with Crippen molar-refractivity contribution in [3.05, 3.63) is 89.0 Å². The van der Waals surface area contributed by atoms with Crippen molar-refractivity contribution in [2.75, 3.05) is 57.0 Å². The molecule has 0 bridgehead atoms. The maximum absolute atomic E-state index is 13.2. The number of fused-ring (bicyclic) bond motifs is 1. The van der Waals surface area contributed by atoms with Crippen molar-refractivity contribution in [1.29, 1.82) is 0 Å². The van der Waals surface area contributed by atoms with Crippen LogP contribution in [0.4, 0.5) is 11.4 Å². The molecule has 0 aliphatic carbocycles. The third kappa shape index (κ3) is 6.53. The van der Waals surface area contributed by atoms with Crippen LogP contribution in [0, 0.1) is 6.92 Å². The van der Waals surface area contributed by atoms with Crippen molar-refractivity contribution in [3.63, 3.8) is 0 Å². The Morgan fingerprint density at radius 2 is 1.71 bits per heavy atom. The number of nitrogens with zero attached hydrogens (tertiary/aromatic N) is 2. The Hall–Kier alpha value is -4.07. The first-order valence-corrected chi connectivity index (χ1v) is 15.0. The van der Waals surface area contributed by atoms with Gasteiger partial charge in [0.25, 0.3) is 15.9 Å². The van der Waals surface area contributed by atoms with Crippen LogP contribution in [0.3, 0.4) is 0 Å². The lowest BCUT2D eigenvalue weighted by molar-refractivity contribution is -0.110. The molecule has 42 heavy (non-hydrogen) atoms. The predicted molar refractivity (Wildman–Crippen MR) is 160 cm³/mol. The van der Waals surface area contributed by atoms with E-state index in [1.807, 2.05) is 30.3 Å². The number of aromatic carboxylic acids is 1. The van der Waals surface area contributed by atoms with E-state index < -0.39 is 16.0 Å². The standard InChI is InChI=1S/C30H33N5O6S/c1-20-18-25-26(19-24(20)30(37)38)32-29(36)27(25)28(21-6-4-3-5-7-21)31-22-8-10-23(11-9-22)42(39,40)33-41-17-16-35-14-12-34(2)13-15-35/h3-11,18-19,31,33H,12-17H2,1-2H3,(H,32,36)(H,37,38)/b28-27+. The number of carboxylic acid groups (broad SMARTS) is 1. The SMILES string of the molecule is Cc1cc2c(cc1C(=O)O)NC(=O)/C2=C(/Nc1ccc(S(=O)(=O)NOCCN2CCN(C)CC2)cc1)c1ccccc1. The molecule has 2 aliphatic rings. The number of carbonyl (C=O) groups excluding carboxylic acids is 1. The fourth-order valence-electron chi connectivity index (χ4n) is 4.96. The number of anilines is 2. The number of carboxylic acids is 1. The summed E-state index contributed by atoms with van der Waals surface area (Å²) in [6, 6.07) is 18.5. The van der Waals surface area contributed by atoms with Gasteiger partial charge in [0.1, 0.15) is 0 Å². The molecule has 0 saturated carbocycles. The maximum Gasteiger partial charge on any atom is 0.336 e. The lowest BCUT2D eigenvalue weighted by atomic mass is 9.96. The van der Waals surface area contributed by atoms with Crippen molar-refractivity contribution >= 4 is 44.5 Å². The van der Waals surface area contributed by atoms with E-state index in [1.54, 1.807) is 25.1 Å². The highest BCUT2D eigenvalue weighted by atomic mass is 32.2. The molecule has 4 N–H and O–H groups in total. The third-order valence-electron chi connectivity index (χ3n) is 7.36. The van der Waals surface area contributed by atoms with E-state index in [0.717, 1.165) is 31.7 Å². The van der Waals surface area contributed by atoms with Gasteiger partial charge in [0, 0.05) is 44.0 Å². The van der Waals surface area contributed by atoms with Gasteiger partial charge >= 0.3 is 5.97 Å². The topological polar surface area (TPSA) is 140 Å². The molecule has 0 aromatic heterocycles. The summed E-state index contributed by atoms with van der Waals surface area (Å²) in [4.78, 5) is 36.8. The zero-order chi connectivity index (χ0) is 29.9. The van der Waals surface area contributed by atoms with Gasteiger partial charge in [-0.25, -0.2) is 13.2 Å². The van der Waals surface area contributed by atoms with E-state index >= 15 is 0 Å². The van der Waals surface area contributed by atoms with Crippen molar-refractivity contribution in [2.24, 2.45) is 0 Å². The first kappa shape index (κ1) is 29.4. The van der Waals surface area contributed by atoms with Crippen LogP contribution in [0.15, 0.2) is 71.6 Å². The molecule has 0 atom stereocenters. The van der Waals surface area contributed by atoms with E-state index in [4.69, 9.17) is 4.84 Å². The molecule has 1 fully saturated rings. The van der Waals surface area contributed by atoms with Crippen molar-refractivity contribution in [3.8, 4) is 0 Å². The number of benzene rings is 3. The summed E-state index contributed by atoms with van der Waals surface area (Å²) in [7, 11) is -1.83. The van der Waals surface area contributed by atoms with Crippen LogP contribution in [0.5, 0.6) is 0 Å². The third-order valence-corrected chi connectivity index (χ3v) is 8.59. The summed E-state index contributed by atoms with van der Waals surface area (Å²) < 4.78 is 25.6. The van der Waals surface area contributed by atoms with Crippen molar-refractivity contribution < 1.29 is 28.0 Å². The molecular formula is C30H33N5O6S. The van der Waals surface area contributed by atoms with Crippen LogP contribution >= 0.6 is 0 Å². The Morgan fingerprint density at radius 3 is 2.38 bits per heavy atom. The summed E-state index contributed by atoms with van der Waals surface area (Å²) in [5.74, 6) is -1.45. The number of aryl methyl sites for hydroxylation is 1. The smallest absolute Gasteiger partial charge is 0.336 e. The number of sulfonamides is 1. The summed E-state index contributed by atoms with van der Waals surface area (Å²) in [6.45, 7) is 6.31. The Morgan fingerprint density at radius 1 is 1.02 bits per heavy atom. The fraction of sp³-hybridized carbons (Fsp3) is 0.267. The number of piperazine rings is 1. The number of amides is 1. The van der Waals surface area contributed by atoms with Crippen LogP contribution in [0.2, 0.25) is 0 Å². The highest BCUT2D eigenvalue weighted by Gasteiger charge is 2.30. The molecule has 11 nitrogen and oxygen atoms in total. The average Bonchev–Trinajstić information content (AvgIpc) is 3.29. The van der Waals surface area contributed by atoms with Crippen LogP contribution in [0.25, 0.3) is 11.3 Å². The second kappa shape index (κ2) is 12.4. The van der Waals surface area contributed by atoms with Gasteiger partial charge in [-0.15, -0.1) is 0 Å². The molecule has 0 unspecified atom stereocenters. The van der Waals surface area contributed by atoms with Gasteiger partial charge in [-0.3, -0.25) is 14.5 Å². The van der Waals surface area contributed by atoms with Crippen molar-refractivity contribution in [2.45, 2.75) is 11.8 Å². The molecule has 3 aromatic carbocycles. The van der Waals surface area contributed by atoms with E-state index in [-0.39, 0.29) is 23.0 Å². The Labute approximate surface area is 244 Å². The van der Waals surface area contributed by atoms with Gasteiger partial charge in [0.05, 0.1) is 34.0 Å². The molecule has 12 heteroatoms. The summed E-state index contributed by atoms with van der Waals surface area (Å²) in [5.41, 5.74) is 3.74. The van der Waals surface area contributed by atoms with E-state index in [9.17, 15) is 23.1 Å². The fourth-order valence-corrected chi connectivity index (χ4v) is 5.79. The molecule has 2 heterocycles. The highest BCUT2D eigenvalue weighted by molar-refractivity contribution is 7.89. The Bertz CT molecular complexity index is 1620. The molecule has 220 valence electrons. The lowest BCUT2D eigenvalue weighted by Gasteiger charge is -2.32. The van der Waals surface area contributed by atoms with Gasteiger partial charge in [-0.1, -0.05) is 35.2 Å². The van der Waals surface area contributed by atoms with E-state index in [1.165, 1.54) is 18.2 Å². The number of hydrogen-bond acceptors (Lipinski definition) is 8. The van der Waals surface area contributed by atoms with Gasteiger partial charge in [0.15, 0.2) is 0 Å². The van der Waals surface area contributed by atoms with Crippen LogP contribution in [-0.4, -0.2) is 81.6 Å². The number of nitrogens with one attached hydrogen (secondary N) is 3. The summed E-state index contributed by atoms with van der Waals surface area (Å²) in [5, 5.41) is 15.6. The Balaban J connectivity index is 1.35. The number of rotatable bonds is 10. The lowest BCUT2D eigenvalue weighted by Crippen LogP contribution is -2.45. The van der Waals surface area contributed by atoms with E-state index in [0.29, 0.717) is 40.3 Å². The molecule has 2 aliphatic heterocycles. The first-order chi connectivity index (χ1) is 20.1. The monoisotopic (exact) mass is 591 g/mol. The zero-order valence-electron chi connectivity index (χ0n) is 23.4. The molecule has 1 saturated heterocycles. The van der Waals surface area contributed by atoms with Crippen LogP contribution in [0.1, 0.15) is 27.0 Å². The summed E-state index contributed by atoms with van der Waals surface area (Å²) in [6.07, 6.45) is 0. The van der Waals surface area contributed by atoms with Gasteiger partial charge in [-0.2, -0.15) is 0 Å². The van der Waals surface area contributed by atoms with E-state index in [2.05, 4.69) is 32.4 Å². The van der Waals surface area contributed by atoms with Crippen LogP contribution < -0.4 is 15.5 Å². The molecule has 0 spiro atoms. The minimum absolute atomic E-state index is 0.0299. The first-order valence-electron chi connectivity index (χ1n) is 13.5. The number of carbonyl (C=O) groups is 2. The van der Waals surface area contributed by atoms with Crippen molar-refractivity contribution in [1.82, 2.24) is 14.7 Å². The molecule has 1 amide bonds. The molecule has 5 rings (SSSR count). The predicted octanol–water partition coefficient (Wildman–Crippen LogP) is 3.08. The quantitative estimate of drug-likeness (QED) is 0.159.